The largest absolute Gasteiger partial charge is 0.387 e. The van der Waals surface area contributed by atoms with Crippen molar-refractivity contribution in [3.63, 3.8) is 0 Å². The van der Waals surface area contributed by atoms with Gasteiger partial charge in [-0.25, -0.2) is 0 Å². The molecule has 136 valence electrons. The molecule has 1 aromatic heterocycles. The normalized spacial score (nSPS) is 26.8. The third-order valence-corrected chi connectivity index (χ3v) is 5.56. The molecule has 1 aliphatic carbocycles. The first kappa shape index (κ1) is 16.8. The van der Waals surface area contributed by atoms with Gasteiger partial charge >= 0.3 is 0 Å². The summed E-state index contributed by atoms with van der Waals surface area (Å²) in [5.74, 6) is -0.270. The number of hydrogen-bond donors (Lipinski definition) is 2. The summed E-state index contributed by atoms with van der Waals surface area (Å²) in [6.07, 6.45) is 3.35. The van der Waals surface area contributed by atoms with E-state index in [-0.39, 0.29) is 23.6 Å². The molecule has 25 heavy (non-hydrogen) atoms. The van der Waals surface area contributed by atoms with Crippen molar-refractivity contribution in [2.45, 2.75) is 31.3 Å². The molecule has 4 rings (SSSR count). The summed E-state index contributed by atoms with van der Waals surface area (Å²) in [6, 6.07) is 1.75. The number of nitrogens with zero attached hydrogens (tertiary/aromatic N) is 2. The van der Waals surface area contributed by atoms with Gasteiger partial charge in [0.15, 0.2) is 0 Å². The standard InChI is InChI=1S/C18H25N3O4/c22-16-14(10-13-2-1-3-15(13)19-16)17(23)21-5-4-18(24,12-21)11-20-6-8-25-9-7-20/h10,24H,1-9,11-12H2,(H,19,22)/t18-/m0/s1. The Morgan fingerprint density at radius 3 is 2.88 bits per heavy atom. The molecule has 7 nitrogen and oxygen atoms in total. The minimum Gasteiger partial charge on any atom is -0.387 e. The first-order valence-corrected chi connectivity index (χ1v) is 9.11. The van der Waals surface area contributed by atoms with Gasteiger partial charge in [0.25, 0.3) is 11.5 Å². The van der Waals surface area contributed by atoms with Crippen LogP contribution in [0.1, 0.15) is 34.5 Å². The lowest BCUT2D eigenvalue weighted by Gasteiger charge is -2.33. The van der Waals surface area contributed by atoms with Crippen LogP contribution in [-0.2, 0) is 17.6 Å². The first-order chi connectivity index (χ1) is 12.0. The number of aromatic amines is 1. The van der Waals surface area contributed by atoms with Crippen molar-refractivity contribution in [3.05, 3.63) is 33.2 Å². The average Bonchev–Trinajstić information content (AvgIpc) is 3.20. The van der Waals surface area contributed by atoms with Gasteiger partial charge in [-0.2, -0.15) is 0 Å². The summed E-state index contributed by atoms with van der Waals surface area (Å²) < 4.78 is 5.34. The van der Waals surface area contributed by atoms with Crippen LogP contribution in [0.3, 0.4) is 0 Å². The molecular weight excluding hydrogens is 322 g/mol. The molecule has 7 heteroatoms. The van der Waals surface area contributed by atoms with E-state index in [1.807, 2.05) is 0 Å². The van der Waals surface area contributed by atoms with Gasteiger partial charge in [0, 0.05) is 31.9 Å². The van der Waals surface area contributed by atoms with Gasteiger partial charge in [0.2, 0.25) is 0 Å². The molecule has 2 aliphatic heterocycles. The van der Waals surface area contributed by atoms with Gasteiger partial charge in [-0.15, -0.1) is 0 Å². The lowest BCUT2D eigenvalue weighted by molar-refractivity contribution is -0.0257. The van der Waals surface area contributed by atoms with Crippen LogP contribution in [0.5, 0.6) is 0 Å². The highest BCUT2D eigenvalue weighted by atomic mass is 16.5. The average molecular weight is 347 g/mol. The molecule has 0 unspecified atom stereocenters. The molecule has 2 fully saturated rings. The fourth-order valence-electron chi connectivity index (χ4n) is 4.18. The lowest BCUT2D eigenvalue weighted by atomic mass is 10.0. The second-order valence-corrected chi connectivity index (χ2v) is 7.46. The number of aryl methyl sites for hydroxylation is 2. The number of ether oxygens (including phenoxy) is 1. The van der Waals surface area contributed by atoms with Crippen LogP contribution in [0.15, 0.2) is 10.9 Å². The van der Waals surface area contributed by atoms with Gasteiger partial charge < -0.3 is 19.7 Å². The molecule has 3 heterocycles. The molecule has 2 saturated heterocycles. The van der Waals surface area contributed by atoms with E-state index in [1.165, 1.54) is 0 Å². The number of aliphatic hydroxyl groups is 1. The first-order valence-electron chi connectivity index (χ1n) is 9.11. The number of nitrogens with one attached hydrogen (secondary N) is 1. The van der Waals surface area contributed by atoms with E-state index in [1.54, 1.807) is 11.0 Å². The summed E-state index contributed by atoms with van der Waals surface area (Å²) in [4.78, 5) is 31.7. The number of H-pyrrole nitrogens is 1. The van der Waals surface area contributed by atoms with E-state index in [0.717, 1.165) is 43.6 Å². The van der Waals surface area contributed by atoms with Gasteiger partial charge in [0.05, 0.1) is 25.4 Å². The summed E-state index contributed by atoms with van der Waals surface area (Å²) in [5.41, 5.74) is 1.03. The molecule has 2 N–H and O–H groups in total. The summed E-state index contributed by atoms with van der Waals surface area (Å²) in [5, 5.41) is 10.9. The van der Waals surface area contributed by atoms with E-state index < -0.39 is 5.60 Å². The molecule has 0 spiro atoms. The van der Waals surface area contributed by atoms with Crippen molar-refractivity contribution in [3.8, 4) is 0 Å². The maximum absolute atomic E-state index is 12.8. The Bertz CT molecular complexity index is 726. The van der Waals surface area contributed by atoms with E-state index in [0.29, 0.717) is 32.7 Å². The Morgan fingerprint density at radius 2 is 2.08 bits per heavy atom. The molecule has 1 amide bonds. The van der Waals surface area contributed by atoms with Crippen molar-refractivity contribution < 1.29 is 14.6 Å². The third-order valence-electron chi connectivity index (χ3n) is 5.56. The zero-order chi connectivity index (χ0) is 17.4. The fourth-order valence-corrected chi connectivity index (χ4v) is 4.18. The molecule has 1 aromatic rings. The maximum atomic E-state index is 12.8. The quantitative estimate of drug-likeness (QED) is 0.789. The van der Waals surface area contributed by atoms with Crippen molar-refractivity contribution >= 4 is 5.91 Å². The SMILES string of the molecule is O=C(c1cc2c([nH]c1=O)CCC2)N1CC[C@](O)(CN2CCOCC2)C1. The number of morpholine rings is 1. The fraction of sp³-hybridized carbons (Fsp3) is 0.667. The van der Waals surface area contributed by atoms with E-state index >= 15 is 0 Å². The van der Waals surface area contributed by atoms with Crippen LogP contribution in [0.4, 0.5) is 0 Å². The van der Waals surface area contributed by atoms with E-state index in [4.69, 9.17) is 4.74 Å². The van der Waals surface area contributed by atoms with Crippen molar-refractivity contribution in [2.24, 2.45) is 0 Å². The Labute approximate surface area is 146 Å². The number of likely N-dealkylation sites (tertiary alicyclic amines) is 1. The minimum atomic E-state index is -0.906. The Kier molecular flexibility index (Phi) is 4.39. The summed E-state index contributed by atoms with van der Waals surface area (Å²) in [7, 11) is 0. The predicted octanol–water partition coefficient (Wildman–Crippen LogP) is -0.227. The number of hydrogen-bond acceptors (Lipinski definition) is 5. The smallest absolute Gasteiger partial charge is 0.261 e. The number of amides is 1. The minimum absolute atomic E-state index is 0.205. The topological polar surface area (TPSA) is 85.9 Å². The predicted molar refractivity (Wildman–Crippen MR) is 91.8 cm³/mol. The molecular formula is C18H25N3O4. The Morgan fingerprint density at radius 1 is 1.28 bits per heavy atom. The lowest BCUT2D eigenvalue weighted by Crippen LogP contribution is -2.49. The van der Waals surface area contributed by atoms with Crippen LogP contribution in [-0.4, -0.2) is 77.3 Å². The summed E-state index contributed by atoms with van der Waals surface area (Å²) >= 11 is 0. The highest BCUT2D eigenvalue weighted by Gasteiger charge is 2.40. The molecule has 0 radical (unpaired) electrons. The van der Waals surface area contributed by atoms with Gasteiger partial charge in [-0.05, 0) is 37.3 Å². The Hall–Kier alpha value is -1.70. The van der Waals surface area contributed by atoms with Crippen LogP contribution < -0.4 is 5.56 Å². The van der Waals surface area contributed by atoms with Crippen LogP contribution in [0.2, 0.25) is 0 Å². The van der Waals surface area contributed by atoms with E-state index in [9.17, 15) is 14.7 Å². The second kappa shape index (κ2) is 6.55. The number of carbonyl (C=O) groups is 1. The van der Waals surface area contributed by atoms with Crippen LogP contribution >= 0.6 is 0 Å². The molecule has 3 aliphatic rings. The number of aromatic nitrogens is 1. The monoisotopic (exact) mass is 347 g/mol. The zero-order valence-corrected chi connectivity index (χ0v) is 14.4. The number of rotatable bonds is 3. The molecule has 0 aromatic carbocycles. The van der Waals surface area contributed by atoms with Gasteiger partial charge in [-0.3, -0.25) is 14.5 Å². The second-order valence-electron chi connectivity index (χ2n) is 7.46. The molecule has 1 atom stereocenters. The molecule has 0 bridgehead atoms. The maximum Gasteiger partial charge on any atom is 0.261 e. The van der Waals surface area contributed by atoms with Gasteiger partial charge in [0.1, 0.15) is 5.56 Å². The van der Waals surface area contributed by atoms with Crippen molar-refractivity contribution in [2.75, 3.05) is 45.9 Å². The number of β-amino-alcohol motifs (C(OH)–C–C–N with tert-alkyl or cyclic N) is 1. The van der Waals surface area contributed by atoms with Crippen molar-refractivity contribution in [1.82, 2.24) is 14.8 Å². The van der Waals surface area contributed by atoms with Gasteiger partial charge in [-0.1, -0.05) is 0 Å². The highest BCUT2D eigenvalue weighted by Crippen LogP contribution is 2.25. The zero-order valence-electron chi connectivity index (χ0n) is 14.4. The van der Waals surface area contributed by atoms with Crippen molar-refractivity contribution in [1.29, 1.82) is 0 Å². The number of fused-ring (bicyclic) bond motifs is 1. The number of pyridine rings is 1. The van der Waals surface area contributed by atoms with Crippen LogP contribution in [0.25, 0.3) is 0 Å². The highest BCUT2D eigenvalue weighted by molar-refractivity contribution is 5.94. The van der Waals surface area contributed by atoms with Crippen LogP contribution in [0, 0.1) is 0 Å². The van der Waals surface area contributed by atoms with E-state index in [2.05, 4.69) is 9.88 Å². The number of carbonyl (C=O) groups excluding carboxylic acids is 1. The molecule has 0 saturated carbocycles. The third kappa shape index (κ3) is 3.36. The Balaban J connectivity index is 1.46. The summed E-state index contributed by atoms with van der Waals surface area (Å²) in [6.45, 7) is 4.28.